The van der Waals surface area contributed by atoms with Crippen LogP contribution in [0.15, 0.2) is 52.1 Å². The molecule has 9 heteroatoms. The summed E-state index contributed by atoms with van der Waals surface area (Å²) < 4.78 is 2.97. The van der Waals surface area contributed by atoms with Crippen LogP contribution in [-0.2, 0) is 16.1 Å². The highest BCUT2D eigenvalue weighted by Gasteiger charge is 2.15. The highest BCUT2D eigenvalue weighted by molar-refractivity contribution is 9.10. The molecular formula is C21H22BrN5O2S. The van der Waals surface area contributed by atoms with Crippen molar-refractivity contribution in [3.63, 3.8) is 0 Å². The summed E-state index contributed by atoms with van der Waals surface area (Å²) in [7, 11) is 0. The Morgan fingerprint density at radius 2 is 1.77 bits per heavy atom. The molecule has 2 amide bonds. The summed E-state index contributed by atoms with van der Waals surface area (Å²) >= 11 is 4.80. The highest BCUT2D eigenvalue weighted by atomic mass is 79.9. The van der Waals surface area contributed by atoms with Gasteiger partial charge in [-0.25, -0.2) is 0 Å². The maximum atomic E-state index is 12.3. The molecule has 2 N–H and O–H groups in total. The summed E-state index contributed by atoms with van der Waals surface area (Å²) in [4.78, 5) is 23.5. The Morgan fingerprint density at radius 3 is 2.40 bits per heavy atom. The van der Waals surface area contributed by atoms with E-state index in [2.05, 4.69) is 36.8 Å². The number of aromatic nitrogens is 3. The second-order valence-corrected chi connectivity index (χ2v) is 8.41. The molecule has 3 aromatic rings. The van der Waals surface area contributed by atoms with Crippen LogP contribution in [0, 0.1) is 6.92 Å². The number of thioether (sulfide) groups is 1. The first kappa shape index (κ1) is 22.0. The zero-order valence-electron chi connectivity index (χ0n) is 16.9. The number of hydrogen-bond acceptors (Lipinski definition) is 5. The second kappa shape index (κ2) is 9.90. The SMILES string of the molecule is CCn1c(SCC(=O)Nc2ccc(Br)c(C)c2)nnc1-c1ccc(NC(C)=O)cc1. The number of rotatable bonds is 7. The van der Waals surface area contributed by atoms with Gasteiger partial charge in [0.1, 0.15) is 0 Å². The van der Waals surface area contributed by atoms with Gasteiger partial charge in [0.2, 0.25) is 11.8 Å². The van der Waals surface area contributed by atoms with E-state index in [9.17, 15) is 9.59 Å². The third kappa shape index (κ3) is 5.48. The van der Waals surface area contributed by atoms with Gasteiger partial charge in [-0.1, -0.05) is 27.7 Å². The molecule has 0 radical (unpaired) electrons. The lowest BCUT2D eigenvalue weighted by Gasteiger charge is -2.09. The largest absolute Gasteiger partial charge is 0.326 e. The third-order valence-corrected chi connectivity index (χ3v) is 6.13. The molecule has 0 saturated heterocycles. The number of aryl methyl sites for hydroxylation is 1. The highest BCUT2D eigenvalue weighted by Crippen LogP contribution is 2.26. The minimum atomic E-state index is -0.116. The monoisotopic (exact) mass is 487 g/mol. The number of benzene rings is 2. The van der Waals surface area contributed by atoms with Crippen molar-refractivity contribution >= 4 is 50.9 Å². The molecule has 0 unspecified atom stereocenters. The van der Waals surface area contributed by atoms with Crippen molar-refractivity contribution < 1.29 is 9.59 Å². The molecule has 3 rings (SSSR count). The van der Waals surface area contributed by atoms with Crippen LogP contribution in [0.1, 0.15) is 19.4 Å². The van der Waals surface area contributed by atoms with Crippen LogP contribution in [-0.4, -0.2) is 32.3 Å². The normalized spacial score (nSPS) is 10.7. The van der Waals surface area contributed by atoms with Crippen LogP contribution in [0.2, 0.25) is 0 Å². The van der Waals surface area contributed by atoms with Crippen molar-refractivity contribution in [1.82, 2.24) is 14.8 Å². The summed E-state index contributed by atoms with van der Waals surface area (Å²) in [6.45, 7) is 6.13. The maximum absolute atomic E-state index is 12.3. The van der Waals surface area contributed by atoms with E-state index in [0.717, 1.165) is 32.8 Å². The number of nitrogens with one attached hydrogen (secondary N) is 2. The van der Waals surface area contributed by atoms with Gasteiger partial charge in [-0.2, -0.15) is 0 Å². The fourth-order valence-electron chi connectivity index (χ4n) is 2.85. The first-order chi connectivity index (χ1) is 14.4. The van der Waals surface area contributed by atoms with Crippen molar-refractivity contribution in [1.29, 1.82) is 0 Å². The standard InChI is InChI=1S/C21H22BrN5O2S/c1-4-27-20(15-5-7-16(8-6-15)23-14(3)28)25-26-21(27)30-12-19(29)24-17-9-10-18(22)13(2)11-17/h5-11H,4,12H2,1-3H3,(H,23,28)(H,24,29). The van der Waals surface area contributed by atoms with Gasteiger partial charge in [0, 0.05) is 34.9 Å². The van der Waals surface area contributed by atoms with Gasteiger partial charge in [0.25, 0.3) is 0 Å². The molecule has 0 aliphatic carbocycles. The Balaban J connectivity index is 1.67. The molecule has 0 aliphatic heterocycles. The van der Waals surface area contributed by atoms with E-state index in [1.165, 1.54) is 18.7 Å². The quantitative estimate of drug-likeness (QED) is 0.470. The van der Waals surface area contributed by atoms with E-state index < -0.39 is 0 Å². The van der Waals surface area contributed by atoms with Gasteiger partial charge < -0.3 is 15.2 Å². The molecule has 156 valence electrons. The second-order valence-electron chi connectivity index (χ2n) is 6.61. The molecule has 0 fully saturated rings. The van der Waals surface area contributed by atoms with Gasteiger partial charge in [-0.3, -0.25) is 9.59 Å². The summed E-state index contributed by atoms with van der Waals surface area (Å²) in [6.07, 6.45) is 0. The number of hydrogen-bond donors (Lipinski definition) is 2. The van der Waals surface area contributed by atoms with Crippen LogP contribution in [0.5, 0.6) is 0 Å². The molecule has 1 aromatic heterocycles. The minimum Gasteiger partial charge on any atom is -0.326 e. The fraction of sp³-hybridized carbons (Fsp3) is 0.238. The average Bonchev–Trinajstić information content (AvgIpc) is 3.12. The topological polar surface area (TPSA) is 88.9 Å². The Hall–Kier alpha value is -2.65. The molecule has 0 saturated carbocycles. The number of halogens is 1. The molecule has 30 heavy (non-hydrogen) atoms. The van der Waals surface area contributed by atoms with Crippen LogP contribution in [0.25, 0.3) is 11.4 Å². The van der Waals surface area contributed by atoms with E-state index in [-0.39, 0.29) is 17.6 Å². The summed E-state index contributed by atoms with van der Waals surface area (Å²) in [5, 5.41) is 14.9. The Morgan fingerprint density at radius 1 is 1.07 bits per heavy atom. The Kier molecular flexibility index (Phi) is 7.28. The first-order valence-corrected chi connectivity index (χ1v) is 11.1. The van der Waals surface area contributed by atoms with Gasteiger partial charge in [-0.15, -0.1) is 10.2 Å². The van der Waals surface area contributed by atoms with E-state index >= 15 is 0 Å². The van der Waals surface area contributed by atoms with E-state index in [0.29, 0.717) is 11.7 Å². The maximum Gasteiger partial charge on any atom is 0.234 e. The molecule has 0 atom stereocenters. The molecule has 0 aliphatic rings. The van der Waals surface area contributed by atoms with Crippen LogP contribution >= 0.6 is 27.7 Å². The smallest absolute Gasteiger partial charge is 0.234 e. The summed E-state index contributed by atoms with van der Waals surface area (Å²) in [5.74, 6) is 0.732. The van der Waals surface area contributed by atoms with Crippen LogP contribution in [0.3, 0.4) is 0 Å². The van der Waals surface area contributed by atoms with Gasteiger partial charge in [0.05, 0.1) is 5.75 Å². The van der Waals surface area contributed by atoms with Gasteiger partial charge in [-0.05, 0) is 61.9 Å². The van der Waals surface area contributed by atoms with E-state index in [4.69, 9.17) is 0 Å². The van der Waals surface area contributed by atoms with E-state index in [1.807, 2.05) is 60.9 Å². The summed E-state index contributed by atoms with van der Waals surface area (Å²) in [6, 6.07) is 13.1. The number of anilines is 2. The van der Waals surface area contributed by atoms with E-state index in [1.54, 1.807) is 0 Å². The predicted molar refractivity (Wildman–Crippen MR) is 124 cm³/mol. The number of carbonyl (C=O) groups excluding carboxylic acids is 2. The predicted octanol–water partition coefficient (Wildman–Crippen LogP) is 4.73. The number of nitrogens with zero attached hydrogens (tertiary/aromatic N) is 3. The van der Waals surface area contributed by atoms with Crippen LogP contribution < -0.4 is 10.6 Å². The third-order valence-electron chi connectivity index (χ3n) is 4.27. The minimum absolute atomic E-state index is 0.103. The van der Waals surface area contributed by atoms with Crippen molar-refractivity contribution in [2.45, 2.75) is 32.5 Å². The van der Waals surface area contributed by atoms with Crippen molar-refractivity contribution in [2.24, 2.45) is 0 Å². The van der Waals surface area contributed by atoms with Crippen molar-refractivity contribution in [2.75, 3.05) is 16.4 Å². The molecule has 1 heterocycles. The zero-order valence-corrected chi connectivity index (χ0v) is 19.3. The Bertz CT molecular complexity index is 1070. The van der Waals surface area contributed by atoms with Crippen LogP contribution in [0.4, 0.5) is 11.4 Å². The number of carbonyl (C=O) groups is 2. The summed E-state index contributed by atoms with van der Waals surface area (Å²) in [5.41, 5.74) is 3.43. The van der Waals surface area contributed by atoms with Gasteiger partial charge >= 0.3 is 0 Å². The van der Waals surface area contributed by atoms with Crippen molar-refractivity contribution in [3.05, 3.63) is 52.5 Å². The molecular weight excluding hydrogens is 466 g/mol. The lowest BCUT2D eigenvalue weighted by Crippen LogP contribution is -2.14. The first-order valence-electron chi connectivity index (χ1n) is 9.37. The molecule has 0 bridgehead atoms. The molecule has 7 nitrogen and oxygen atoms in total. The van der Waals surface area contributed by atoms with Gasteiger partial charge in [0.15, 0.2) is 11.0 Å². The molecule has 0 spiro atoms. The fourth-order valence-corrected chi connectivity index (χ4v) is 3.90. The Labute approximate surface area is 187 Å². The lowest BCUT2D eigenvalue weighted by molar-refractivity contribution is -0.114. The number of amides is 2. The zero-order chi connectivity index (χ0) is 21.7. The average molecular weight is 488 g/mol. The molecule has 2 aromatic carbocycles. The lowest BCUT2D eigenvalue weighted by atomic mass is 10.2. The van der Waals surface area contributed by atoms with Crippen molar-refractivity contribution in [3.8, 4) is 11.4 Å².